The van der Waals surface area contributed by atoms with E-state index in [1.165, 1.54) is 0 Å². The molecule has 0 aliphatic carbocycles. The number of ether oxygens (including phenoxy) is 1. The number of methoxy groups -OCH3 is 1. The first-order valence-corrected chi connectivity index (χ1v) is 7.01. The molecule has 124 valence electrons. The molecule has 22 heavy (non-hydrogen) atoms. The lowest BCUT2D eigenvalue weighted by atomic mass is 9.89. The van der Waals surface area contributed by atoms with Crippen molar-refractivity contribution in [3.8, 4) is 5.75 Å². The van der Waals surface area contributed by atoms with Crippen molar-refractivity contribution in [3.05, 3.63) is 23.8 Å². The minimum Gasteiger partial charge on any atom is -0.491 e. The fourth-order valence-corrected chi connectivity index (χ4v) is 1.88. The third kappa shape index (κ3) is 4.56. The number of aliphatic hydroxyl groups is 1. The molecule has 2 atom stereocenters. The Hall–Kier alpha value is -1.89. The second-order valence-electron chi connectivity index (χ2n) is 5.45. The van der Waals surface area contributed by atoms with Crippen molar-refractivity contribution < 1.29 is 23.4 Å². The van der Waals surface area contributed by atoms with Crippen LogP contribution in [0, 0.1) is 17.6 Å². The van der Waals surface area contributed by atoms with Crippen molar-refractivity contribution in [1.82, 2.24) is 5.32 Å². The van der Waals surface area contributed by atoms with E-state index < -0.39 is 29.0 Å². The second kappa shape index (κ2) is 7.40. The van der Waals surface area contributed by atoms with Crippen LogP contribution in [0.5, 0.6) is 5.75 Å². The number of urea groups is 1. The van der Waals surface area contributed by atoms with E-state index in [0.29, 0.717) is 0 Å². The zero-order valence-electron chi connectivity index (χ0n) is 13.2. The van der Waals surface area contributed by atoms with Crippen molar-refractivity contribution in [3.63, 3.8) is 0 Å². The average molecular weight is 316 g/mol. The predicted molar refractivity (Wildman–Crippen MR) is 80.0 cm³/mol. The van der Waals surface area contributed by atoms with Crippen molar-refractivity contribution >= 4 is 11.7 Å². The summed E-state index contributed by atoms with van der Waals surface area (Å²) in [6, 6.07) is 1.25. The molecule has 1 aromatic carbocycles. The van der Waals surface area contributed by atoms with Gasteiger partial charge >= 0.3 is 6.03 Å². The van der Waals surface area contributed by atoms with Crippen LogP contribution >= 0.6 is 0 Å². The number of hydrogen-bond acceptors (Lipinski definition) is 3. The number of carbonyl (C=O) groups is 1. The smallest absolute Gasteiger partial charge is 0.319 e. The molecule has 0 saturated carbocycles. The molecule has 7 heteroatoms. The van der Waals surface area contributed by atoms with Gasteiger partial charge in [-0.25, -0.2) is 13.6 Å². The van der Waals surface area contributed by atoms with Crippen LogP contribution in [0.15, 0.2) is 12.1 Å². The number of halogens is 2. The molecule has 0 bridgehead atoms. The predicted octanol–water partition coefficient (Wildman–Crippen LogP) is 2.89. The zero-order valence-corrected chi connectivity index (χ0v) is 13.2. The van der Waals surface area contributed by atoms with E-state index >= 15 is 0 Å². The minimum absolute atomic E-state index is 0.0105. The highest BCUT2D eigenvalue weighted by Crippen LogP contribution is 2.25. The summed E-state index contributed by atoms with van der Waals surface area (Å²) in [5, 5.41) is 15.0. The Morgan fingerprint density at radius 3 is 2.41 bits per heavy atom. The second-order valence-corrected chi connectivity index (χ2v) is 5.45. The molecule has 3 N–H and O–H groups in total. The lowest BCUT2D eigenvalue weighted by Gasteiger charge is -2.29. The standard InChI is InChI=1S/C15H22F2N2O3/c1-5-9(2)15(3,21)8-18-14(20)19-10-6-11(16)13(22-4)12(17)7-10/h6-7,9,21H,5,8H2,1-4H3,(H2,18,19,20). The van der Waals surface area contributed by atoms with E-state index in [2.05, 4.69) is 15.4 Å². The van der Waals surface area contributed by atoms with Gasteiger partial charge in [-0.15, -0.1) is 0 Å². The lowest BCUT2D eigenvalue weighted by Crippen LogP contribution is -2.46. The molecular formula is C15H22F2N2O3. The van der Waals surface area contributed by atoms with Gasteiger partial charge in [-0.1, -0.05) is 20.3 Å². The van der Waals surface area contributed by atoms with E-state index in [1.807, 2.05) is 13.8 Å². The Morgan fingerprint density at radius 2 is 1.95 bits per heavy atom. The number of carbonyl (C=O) groups excluding carboxylic acids is 1. The van der Waals surface area contributed by atoms with Crippen LogP contribution in [-0.4, -0.2) is 30.4 Å². The third-order valence-electron chi connectivity index (χ3n) is 3.74. The maximum Gasteiger partial charge on any atom is 0.319 e. The Balaban J connectivity index is 2.67. The van der Waals surface area contributed by atoms with Crippen molar-refractivity contribution in [2.45, 2.75) is 32.8 Å². The van der Waals surface area contributed by atoms with E-state index in [9.17, 15) is 18.7 Å². The van der Waals surface area contributed by atoms with Crippen molar-refractivity contribution in [2.75, 3.05) is 19.0 Å². The zero-order chi connectivity index (χ0) is 16.9. The Kier molecular flexibility index (Phi) is 6.11. The SMILES string of the molecule is CCC(C)C(C)(O)CNC(=O)Nc1cc(F)c(OC)c(F)c1. The van der Waals surface area contributed by atoms with E-state index in [1.54, 1.807) is 6.92 Å². The maximum atomic E-state index is 13.5. The molecule has 0 spiro atoms. The summed E-state index contributed by atoms with van der Waals surface area (Å²) in [7, 11) is 1.15. The van der Waals surface area contributed by atoms with Gasteiger partial charge in [0.05, 0.1) is 12.7 Å². The van der Waals surface area contributed by atoms with E-state index in [-0.39, 0.29) is 18.2 Å². The highest BCUT2D eigenvalue weighted by molar-refractivity contribution is 5.89. The Labute approximate surface area is 128 Å². The van der Waals surface area contributed by atoms with Gasteiger partial charge < -0.3 is 20.5 Å². The fourth-order valence-electron chi connectivity index (χ4n) is 1.88. The Morgan fingerprint density at radius 1 is 1.41 bits per heavy atom. The van der Waals surface area contributed by atoms with Crippen LogP contribution in [0.4, 0.5) is 19.3 Å². The molecule has 2 amide bonds. The summed E-state index contributed by atoms with van der Waals surface area (Å²) in [4.78, 5) is 11.7. The summed E-state index contributed by atoms with van der Waals surface area (Å²) in [5.74, 6) is -2.34. The van der Waals surface area contributed by atoms with E-state index in [4.69, 9.17) is 0 Å². The van der Waals surface area contributed by atoms with Gasteiger partial charge in [-0.3, -0.25) is 0 Å². The van der Waals surface area contributed by atoms with E-state index in [0.717, 1.165) is 25.7 Å². The van der Waals surface area contributed by atoms with Gasteiger partial charge in [0.1, 0.15) is 0 Å². The third-order valence-corrected chi connectivity index (χ3v) is 3.74. The number of nitrogens with one attached hydrogen (secondary N) is 2. The molecule has 0 heterocycles. The van der Waals surface area contributed by atoms with Crippen molar-refractivity contribution in [2.24, 2.45) is 5.92 Å². The molecule has 0 saturated heterocycles. The molecule has 0 aliphatic heterocycles. The number of rotatable bonds is 6. The van der Waals surface area contributed by atoms with Crippen LogP contribution < -0.4 is 15.4 Å². The van der Waals surface area contributed by atoms with Crippen LogP contribution in [0.25, 0.3) is 0 Å². The topological polar surface area (TPSA) is 70.6 Å². The van der Waals surface area contributed by atoms with Gasteiger partial charge in [0.25, 0.3) is 0 Å². The molecule has 5 nitrogen and oxygen atoms in total. The van der Waals surface area contributed by atoms with Crippen LogP contribution in [0.2, 0.25) is 0 Å². The minimum atomic E-state index is -1.07. The van der Waals surface area contributed by atoms with Crippen LogP contribution in [0.3, 0.4) is 0 Å². The van der Waals surface area contributed by atoms with Gasteiger partial charge in [-0.05, 0) is 12.8 Å². The summed E-state index contributed by atoms with van der Waals surface area (Å²) in [6.07, 6.45) is 0.755. The average Bonchev–Trinajstić information content (AvgIpc) is 2.44. The molecule has 0 aliphatic rings. The van der Waals surface area contributed by atoms with Crippen LogP contribution in [0.1, 0.15) is 27.2 Å². The molecule has 1 aromatic rings. The number of benzene rings is 1. The molecule has 0 aromatic heterocycles. The quantitative estimate of drug-likeness (QED) is 0.756. The van der Waals surface area contributed by atoms with Gasteiger partial charge in [0.15, 0.2) is 17.4 Å². The molecular weight excluding hydrogens is 294 g/mol. The van der Waals surface area contributed by atoms with Gasteiger partial charge in [-0.2, -0.15) is 0 Å². The van der Waals surface area contributed by atoms with Crippen molar-refractivity contribution in [1.29, 1.82) is 0 Å². The molecule has 0 radical (unpaired) electrons. The fraction of sp³-hybridized carbons (Fsp3) is 0.533. The first kappa shape index (κ1) is 18.2. The lowest BCUT2D eigenvalue weighted by molar-refractivity contribution is 0.00827. The molecule has 2 unspecified atom stereocenters. The summed E-state index contributed by atoms with van der Waals surface area (Å²) in [6.45, 7) is 5.44. The van der Waals surface area contributed by atoms with Crippen LogP contribution in [-0.2, 0) is 0 Å². The Bertz CT molecular complexity index is 513. The molecule has 1 rings (SSSR count). The largest absolute Gasteiger partial charge is 0.491 e. The highest BCUT2D eigenvalue weighted by atomic mass is 19.1. The first-order chi connectivity index (χ1) is 10.2. The highest BCUT2D eigenvalue weighted by Gasteiger charge is 2.27. The summed E-state index contributed by atoms with van der Waals surface area (Å²) >= 11 is 0. The summed E-state index contributed by atoms with van der Waals surface area (Å²) in [5.41, 5.74) is -1.11. The number of hydrogen-bond donors (Lipinski definition) is 3. The van der Waals surface area contributed by atoms with Gasteiger partial charge in [0, 0.05) is 24.4 Å². The number of amides is 2. The number of anilines is 1. The maximum absolute atomic E-state index is 13.5. The summed E-state index contributed by atoms with van der Waals surface area (Å²) < 4.78 is 31.6. The monoisotopic (exact) mass is 316 g/mol. The molecule has 0 fully saturated rings. The first-order valence-electron chi connectivity index (χ1n) is 7.01. The normalized spacial score (nSPS) is 14.9. The van der Waals surface area contributed by atoms with Gasteiger partial charge in [0.2, 0.25) is 0 Å².